The van der Waals surface area contributed by atoms with Crippen molar-refractivity contribution in [1.82, 2.24) is 0 Å². The molecule has 0 saturated carbocycles. The van der Waals surface area contributed by atoms with Gasteiger partial charge in [-0.3, -0.25) is 0 Å². The fraction of sp³-hybridized carbons (Fsp3) is 0.429. The summed E-state index contributed by atoms with van der Waals surface area (Å²) in [7, 11) is -3.74. The molecule has 6 heteroatoms. The Kier molecular flexibility index (Phi) is 4.70. The Morgan fingerprint density at radius 3 is 2.85 bits per heavy atom. The molecule has 1 heterocycles. The van der Waals surface area contributed by atoms with E-state index in [1.165, 1.54) is 3.61 Å². The molecule has 1 aromatic rings. The van der Waals surface area contributed by atoms with Crippen molar-refractivity contribution in [2.45, 2.75) is 10.9 Å². The maximum atomic E-state index is 10.4. The van der Waals surface area contributed by atoms with Gasteiger partial charge < -0.3 is 0 Å². The van der Waals surface area contributed by atoms with E-state index in [-0.39, 0.29) is 26.7 Å². The van der Waals surface area contributed by atoms with Crippen LogP contribution >= 0.6 is 11.3 Å². The van der Waals surface area contributed by atoms with Gasteiger partial charge in [0.2, 0.25) is 0 Å². The van der Waals surface area contributed by atoms with Gasteiger partial charge in [0.05, 0.1) is 0 Å². The minimum absolute atomic E-state index is 0.0953. The molecule has 13 heavy (non-hydrogen) atoms. The quantitative estimate of drug-likeness (QED) is 0.492. The Morgan fingerprint density at radius 2 is 2.31 bits per heavy atom. The summed E-state index contributed by atoms with van der Waals surface area (Å²) in [5.41, 5.74) is 0. The van der Waals surface area contributed by atoms with Crippen molar-refractivity contribution in [1.29, 1.82) is 0 Å². The number of hydrogen-bond donors (Lipinski definition) is 1. The molecule has 1 N–H and O–H groups in total. The van der Waals surface area contributed by atoms with Crippen LogP contribution in [0.4, 0.5) is 0 Å². The zero-order valence-electron chi connectivity index (χ0n) is 6.84. The average Bonchev–Trinajstić information content (AvgIpc) is 2.48. The fourth-order valence-corrected chi connectivity index (χ4v) is 5.72. The van der Waals surface area contributed by atoms with Crippen LogP contribution in [0.25, 0.3) is 0 Å². The second-order valence-electron chi connectivity index (χ2n) is 2.45. The van der Waals surface area contributed by atoms with Crippen molar-refractivity contribution >= 4 is 46.0 Å². The van der Waals surface area contributed by atoms with Crippen molar-refractivity contribution in [2.24, 2.45) is 0 Å². The third kappa shape index (κ3) is 5.65. The summed E-state index contributed by atoms with van der Waals surface area (Å²) in [5, 5.41) is 4.14. The van der Waals surface area contributed by atoms with E-state index >= 15 is 0 Å². The minimum atomic E-state index is -3.74. The predicted molar refractivity (Wildman–Crippen MR) is 55.5 cm³/mol. The van der Waals surface area contributed by atoms with Gasteiger partial charge in [-0.05, 0) is 0 Å². The van der Waals surface area contributed by atoms with Crippen molar-refractivity contribution < 1.29 is 13.0 Å². The number of hydrogen-bond acceptors (Lipinski definition) is 3. The molecule has 1 rings (SSSR count). The van der Waals surface area contributed by atoms with Crippen LogP contribution in [-0.4, -0.2) is 39.6 Å². The first-order valence-corrected chi connectivity index (χ1v) is 9.04. The van der Waals surface area contributed by atoms with Gasteiger partial charge >= 0.3 is 92.4 Å². The van der Waals surface area contributed by atoms with Crippen molar-refractivity contribution in [3.05, 3.63) is 16.8 Å². The van der Waals surface area contributed by atoms with Gasteiger partial charge in [0.25, 0.3) is 0 Å². The zero-order chi connectivity index (χ0) is 9.73. The second kappa shape index (κ2) is 5.32. The molecule has 0 bridgehead atoms. The molecule has 1 aromatic heterocycles. The zero-order valence-corrected chi connectivity index (χ0v) is 10.8. The summed E-state index contributed by atoms with van der Waals surface area (Å²) >= 11 is 1.44. The van der Waals surface area contributed by atoms with E-state index < -0.39 is 10.1 Å². The van der Waals surface area contributed by atoms with Crippen molar-refractivity contribution in [3.63, 3.8) is 0 Å². The Balaban J connectivity index is 2.16. The molecule has 0 radical (unpaired) electrons. The molecule has 0 saturated heterocycles. The van der Waals surface area contributed by atoms with Gasteiger partial charge in [-0.2, -0.15) is 0 Å². The molecule has 0 amide bonds. The molecule has 0 unspecified atom stereocenters. The third-order valence-electron chi connectivity index (χ3n) is 1.31. The Morgan fingerprint density at radius 1 is 1.54 bits per heavy atom. The second-order valence-corrected chi connectivity index (χ2v) is 8.13. The van der Waals surface area contributed by atoms with E-state index in [9.17, 15) is 8.42 Å². The van der Waals surface area contributed by atoms with Crippen LogP contribution in [0.3, 0.4) is 0 Å². The molecule has 74 valence electrons. The molecular weight excluding hydrogens is 324 g/mol. The van der Waals surface area contributed by atoms with E-state index in [1.807, 2.05) is 5.38 Å². The monoisotopic (exact) mass is 336 g/mol. The van der Waals surface area contributed by atoms with E-state index in [0.717, 1.165) is 4.47 Å². The Labute approximate surface area is 92.0 Å². The Bertz CT molecular complexity index is 331. The molecule has 0 spiro atoms. The van der Waals surface area contributed by atoms with Crippen LogP contribution < -0.4 is 3.61 Å². The third-order valence-corrected chi connectivity index (χ3v) is 6.35. The first-order chi connectivity index (χ1) is 6.08. The fourth-order valence-electron chi connectivity index (χ4n) is 0.765. The molecular formula is C7H10O3S2Te. The summed E-state index contributed by atoms with van der Waals surface area (Å²) in [6.07, 6.45) is 0.580. The van der Waals surface area contributed by atoms with Gasteiger partial charge in [-0.25, -0.2) is 0 Å². The summed E-state index contributed by atoms with van der Waals surface area (Å²) in [6, 6.07) is 2.08. The summed E-state index contributed by atoms with van der Waals surface area (Å²) in [6.45, 7) is 0. The average molecular weight is 334 g/mol. The SMILES string of the molecule is O=S(=O)(O)CCC[Te]c1ccsc1. The van der Waals surface area contributed by atoms with Gasteiger partial charge in [0, 0.05) is 0 Å². The van der Waals surface area contributed by atoms with Crippen LogP contribution in [0.2, 0.25) is 4.47 Å². The van der Waals surface area contributed by atoms with Crippen molar-refractivity contribution in [2.75, 3.05) is 5.75 Å². The van der Waals surface area contributed by atoms with Crippen LogP contribution in [0.15, 0.2) is 16.8 Å². The molecule has 0 aromatic carbocycles. The molecule has 0 aliphatic rings. The van der Waals surface area contributed by atoms with Crippen LogP contribution in [0.1, 0.15) is 6.42 Å². The van der Waals surface area contributed by atoms with Gasteiger partial charge in [-0.1, -0.05) is 0 Å². The molecule has 3 nitrogen and oxygen atoms in total. The molecule has 0 aliphatic carbocycles. The van der Waals surface area contributed by atoms with E-state index in [2.05, 4.69) is 11.4 Å². The number of rotatable bonds is 5. The van der Waals surface area contributed by atoms with Gasteiger partial charge in [0.1, 0.15) is 0 Å². The topological polar surface area (TPSA) is 54.4 Å². The Hall–Kier alpha value is 0.400. The van der Waals surface area contributed by atoms with Crippen LogP contribution in [0, 0.1) is 0 Å². The van der Waals surface area contributed by atoms with Gasteiger partial charge in [0.15, 0.2) is 0 Å². The van der Waals surface area contributed by atoms with E-state index in [0.29, 0.717) is 6.42 Å². The van der Waals surface area contributed by atoms with Crippen LogP contribution in [-0.2, 0) is 10.1 Å². The maximum absolute atomic E-state index is 10.4. The van der Waals surface area contributed by atoms with E-state index in [4.69, 9.17) is 4.55 Å². The normalized spacial score (nSPS) is 11.8. The molecule has 0 fully saturated rings. The van der Waals surface area contributed by atoms with Crippen molar-refractivity contribution in [3.8, 4) is 0 Å². The van der Waals surface area contributed by atoms with Crippen LogP contribution in [0.5, 0.6) is 0 Å². The summed E-state index contributed by atoms with van der Waals surface area (Å²) in [4.78, 5) is 0. The number of thiophene rings is 1. The molecule has 0 aliphatic heterocycles. The van der Waals surface area contributed by atoms with Gasteiger partial charge in [-0.15, -0.1) is 0 Å². The summed E-state index contributed by atoms with van der Waals surface area (Å²) < 4.78 is 31.5. The first kappa shape index (κ1) is 11.5. The summed E-state index contributed by atoms with van der Waals surface area (Å²) in [5.74, 6) is -0.0953. The predicted octanol–water partition coefficient (Wildman–Crippen LogP) is 0.774. The van der Waals surface area contributed by atoms with E-state index in [1.54, 1.807) is 11.3 Å². The first-order valence-electron chi connectivity index (χ1n) is 3.68. The standard InChI is InChI=1S/C7H10O3S2Te/c8-12(9,10)4-1-5-13-7-2-3-11-6-7/h2-3,6H,1,4-5H2,(H,8,9,10). The molecule has 0 atom stereocenters.